The van der Waals surface area contributed by atoms with Crippen LogP contribution < -0.4 is 0 Å². The van der Waals surface area contributed by atoms with E-state index in [0.29, 0.717) is 50.0 Å². The summed E-state index contributed by atoms with van der Waals surface area (Å²) in [5, 5.41) is 0. The molecule has 0 aromatic heterocycles. The first-order chi connectivity index (χ1) is 23.5. The van der Waals surface area contributed by atoms with Crippen molar-refractivity contribution >= 4 is 23.5 Å². The van der Waals surface area contributed by atoms with Crippen molar-refractivity contribution < 1.29 is 64.8 Å². The van der Waals surface area contributed by atoms with E-state index in [1.807, 2.05) is 0 Å². The molecule has 2 spiro atoms. The Bertz CT molecular complexity index is 1320. The molecule has 282 valence electrons. The standard InChI is InChI=1S/C34H44F6O8S2/c1-17-5-7-23-19(25(33(35,36)37)41-27-31(23)21(17)9-11-29(3,43-27)45-47-31)15-49-13-14-50-16-20-24-8-6-18(2)22-10-12-30(4)44-28(32(22,24)48-46-30)42-26(20)34(38,39)40/h17-18,21-24,27-28H,5-16H2,1-4H3/t17-,18-,21?,22?,23+,24+,27-,28-,29-,30+,31-,32-/m1/s1. The van der Waals surface area contributed by atoms with E-state index in [9.17, 15) is 26.3 Å². The normalized spacial score (nSPS) is 46.8. The summed E-state index contributed by atoms with van der Waals surface area (Å²) in [6.45, 7) is 7.50. The molecule has 12 atom stereocenters. The zero-order valence-corrected chi connectivity index (χ0v) is 30.1. The Morgan fingerprint density at radius 2 is 1.00 bits per heavy atom. The van der Waals surface area contributed by atoms with E-state index in [4.69, 9.17) is 38.5 Å². The summed E-state index contributed by atoms with van der Waals surface area (Å²) in [6, 6.07) is 0. The van der Waals surface area contributed by atoms with Crippen LogP contribution in [0.25, 0.3) is 0 Å². The number of alkyl halides is 6. The summed E-state index contributed by atoms with van der Waals surface area (Å²) in [5.41, 5.74) is -2.12. The van der Waals surface area contributed by atoms with Crippen LogP contribution in [0.1, 0.15) is 79.1 Å². The highest BCUT2D eigenvalue weighted by molar-refractivity contribution is 8.03. The molecule has 10 rings (SSSR count). The zero-order chi connectivity index (χ0) is 35.5. The van der Waals surface area contributed by atoms with Gasteiger partial charge in [0.05, 0.1) is 0 Å². The van der Waals surface area contributed by atoms with E-state index >= 15 is 0 Å². The Labute approximate surface area is 295 Å². The van der Waals surface area contributed by atoms with Gasteiger partial charge in [-0.1, -0.05) is 13.8 Å². The Morgan fingerprint density at radius 3 is 1.38 bits per heavy atom. The summed E-state index contributed by atoms with van der Waals surface area (Å²) in [4.78, 5) is 23.6. The van der Waals surface area contributed by atoms with Gasteiger partial charge >= 0.3 is 12.4 Å². The average Bonchev–Trinajstić information content (AvgIpc) is 3.41. The van der Waals surface area contributed by atoms with Crippen molar-refractivity contribution in [1.29, 1.82) is 0 Å². The number of allylic oxidation sites excluding steroid dienone is 2. The van der Waals surface area contributed by atoms with Gasteiger partial charge < -0.3 is 18.9 Å². The van der Waals surface area contributed by atoms with E-state index in [-0.39, 0.29) is 46.3 Å². The third-order valence-corrected chi connectivity index (χ3v) is 15.0. The van der Waals surface area contributed by atoms with E-state index in [0.717, 1.165) is 12.8 Å². The Kier molecular flexibility index (Phi) is 8.90. The van der Waals surface area contributed by atoms with Gasteiger partial charge in [0, 0.05) is 59.5 Å². The fraction of sp³-hybridized carbons (Fsp3) is 0.882. The average molecular weight is 759 g/mol. The number of rotatable bonds is 7. The lowest BCUT2D eigenvalue weighted by Crippen LogP contribution is -2.67. The lowest BCUT2D eigenvalue weighted by Gasteiger charge is -2.57. The molecule has 8 aliphatic heterocycles. The largest absolute Gasteiger partial charge is 0.456 e. The second-order valence-corrected chi connectivity index (χ2v) is 18.0. The molecule has 8 fully saturated rings. The van der Waals surface area contributed by atoms with Gasteiger partial charge in [0.2, 0.25) is 35.7 Å². The highest BCUT2D eigenvalue weighted by Crippen LogP contribution is 2.63. The van der Waals surface area contributed by atoms with Gasteiger partial charge in [-0.25, -0.2) is 19.6 Å². The predicted octanol–water partition coefficient (Wildman–Crippen LogP) is 8.58. The molecule has 2 unspecified atom stereocenters. The molecule has 6 saturated heterocycles. The maximum Gasteiger partial charge on any atom is 0.449 e. The van der Waals surface area contributed by atoms with Crippen LogP contribution in [0.5, 0.6) is 0 Å². The van der Waals surface area contributed by atoms with Crippen LogP contribution in [0.15, 0.2) is 22.7 Å². The molecule has 8 heterocycles. The molecule has 2 saturated carbocycles. The molecule has 0 aromatic carbocycles. The fourth-order valence-corrected chi connectivity index (χ4v) is 12.6. The topological polar surface area (TPSA) is 73.8 Å². The van der Waals surface area contributed by atoms with Crippen molar-refractivity contribution in [2.24, 2.45) is 35.5 Å². The maximum atomic E-state index is 14.6. The van der Waals surface area contributed by atoms with Crippen molar-refractivity contribution in [3.8, 4) is 0 Å². The summed E-state index contributed by atoms with van der Waals surface area (Å²) >= 11 is 2.61. The molecule has 10 aliphatic rings. The molecule has 0 amide bonds. The summed E-state index contributed by atoms with van der Waals surface area (Å²) in [7, 11) is 0. The zero-order valence-electron chi connectivity index (χ0n) is 28.5. The van der Waals surface area contributed by atoms with E-state index < -0.39 is 71.1 Å². The smallest absolute Gasteiger partial charge is 0.449 e. The van der Waals surface area contributed by atoms with Gasteiger partial charge in [-0.2, -0.15) is 49.9 Å². The first-order valence-electron chi connectivity index (χ1n) is 17.7. The Balaban J connectivity index is 0.987. The Morgan fingerprint density at radius 1 is 0.600 bits per heavy atom. The first-order valence-corrected chi connectivity index (χ1v) is 20.0. The SMILES string of the molecule is C[C@@H]1CC[C@H]2C(CSCCSCC3=C(C(F)(F)F)O[C@@H]4O[C@]5(C)CCC6[C@H](C)CC[C@@H]3[C@]64OO5)=C(C(F)(F)F)O[C@@H]3O[C@@]4(C)CCC1[C@]32OO4. The minimum atomic E-state index is -4.74. The first kappa shape index (κ1) is 36.1. The molecule has 50 heavy (non-hydrogen) atoms. The van der Waals surface area contributed by atoms with Crippen LogP contribution in [-0.2, 0) is 38.5 Å². The lowest BCUT2D eigenvalue weighted by atomic mass is 9.59. The predicted molar refractivity (Wildman–Crippen MR) is 169 cm³/mol. The van der Waals surface area contributed by atoms with Gasteiger partial charge in [-0.05, 0) is 75.4 Å². The van der Waals surface area contributed by atoms with Crippen molar-refractivity contribution in [3.05, 3.63) is 22.7 Å². The van der Waals surface area contributed by atoms with Gasteiger partial charge in [-0.15, -0.1) is 0 Å². The minimum absolute atomic E-state index is 0.0319. The third kappa shape index (κ3) is 5.57. The second kappa shape index (κ2) is 12.3. The van der Waals surface area contributed by atoms with Crippen LogP contribution in [0.4, 0.5) is 26.3 Å². The number of ether oxygens (including phenoxy) is 4. The molecular formula is C34H44F6O8S2. The number of hydrogen-bond acceptors (Lipinski definition) is 10. The Hall–Kier alpha value is -0.880. The molecule has 0 N–H and O–H groups in total. The summed E-state index contributed by atoms with van der Waals surface area (Å²) < 4.78 is 111. The minimum Gasteiger partial charge on any atom is -0.456 e. The number of thioether (sulfide) groups is 2. The second-order valence-electron chi connectivity index (χ2n) is 15.8. The molecule has 16 heteroatoms. The van der Waals surface area contributed by atoms with Crippen LogP contribution in [0.2, 0.25) is 0 Å². The highest BCUT2D eigenvalue weighted by Gasteiger charge is 2.71. The van der Waals surface area contributed by atoms with Crippen LogP contribution in [0, 0.1) is 35.5 Å². The van der Waals surface area contributed by atoms with E-state index in [1.54, 1.807) is 13.8 Å². The molecule has 8 nitrogen and oxygen atoms in total. The molecule has 0 radical (unpaired) electrons. The van der Waals surface area contributed by atoms with Gasteiger partial charge in [-0.3, -0.25) is 0 Å². The van der Waals surface area contributed by atoms with E-state index in [2.05, 4.69) is 13.8 Å². The van der Waals surface area contributed by atoms with Crippen LogP contribution in [0.3, 0.4) is 0 Å². The molecular weight excluding hydrogens is 714 g/mol. The van der Waals surface area contributed by atoms with Crippen molar-refractivity contribution in [2.75, 3.05) is 23.0 Å². The van der Waals surface area contributed by atoms with Gasteiger partial charge in [0.1, 0.15) is 0 Å². The maximum absolute atomic E-state index is 14.6. The number of fused-ring (bicyclic) bond motifs is 4. The van der Waals surface area contributed by atoms with Gasteiger partial charge in [0.25, 0.3) is 0 Å². The summed E-state index contributed by atoms with van der Waals surface area (Å²) in [6.07, 6.45) is -7.24. The monoisotopic (exact) mass is 758 g/mol. The highest BCUT2D eigenvalue weighted by atomic mass is 32.2. The number of hydrogen-bond donors (Lipinski definition) is 0. The molecule has 2 aliphatic carbocycles. The van der Waals surface area contributed by atoms with Crippen molar-refractivity contribution in [2.45, 2.75) is 127 Å². The van der Waals surface area contributed by atoms with Crippen LogP contribution >= 0.6 is 23.5 Å². The van der Waals surface area contributed by atoms with Crippen molar-refractivity contribution in [1.82, 2.24) is 0 Å². The van der Waals surface area contributed by atoms with E-state index in [1.165, 1.54) is 23.5 Å². The van der Waals surface area contributed by atoms with Crippen molar-refractivity contribution in [3.63, 3.8) is 0 Å². The number of halogens is 6. The quantitative estimate of drug-likeness (QED) is 0.143. The molecule has 0 aromatic rings. The van der Waals surface area contributed by atoms with Gasteiger partial charge in [0.15, 0.2) is 11.2 Å². The fourth-order valence-electron chi connectivity index (χ4n) is 10.3. The lowest BCUT2D eigenvalue weighted by molar-refractivity contribution is -0.557. The summed E-state index contributed by atoms with van der Waals surface area (Å²) in [5.74, 6) is -4.66. The third-order valence-electron chi connectivity index (χ3n) is 12.7. The van der Waals surface area contributed by atoms with Crippen LogP contribution in [-0.4, -0.2) is 70.7 Å². The molecule has 4 bridgehead atoms.